The van der Waals surface area contributed by atoms with E-state index in [2.05, 4.69) is 31.0 Å². The van der Waals surface area contributed by atoms with Gasteiger partial charge in [-0.1, -0.05) is 37.3 Å². The predicted octanol–water partition coefficient (Wildman–Crippen LogP) is 6.37. The van der Waals surface area contributed by atoms with Crippen LogP contribution in [0.2, 0.25) is 0 Å². The number of rotatable bonds is 6. The van der Waals surface area contributed by atoms with E-state index in [0.717, 1.165) is 48.1 Å². The molecular weight excluding hydrogens is 504 g/mol. The maximum atomic E-state index is 14.0. The number of benzene rings is 2. The average molecular weight is 541 g/mol. The van der Waals surface area contributed by atoms with E-state index in [9.17, 15) is 14.7 Å². The van der Waals surface area contributed by atoms with Gasteiger partial charge in [0.1, 0.15) is 5.56 Å². The van der Waals surface area contributed by atoms with Crippen molar-refractivity contribution in [1.82, 2.24) is 14.8 Å². The summed E-state index contributed by atoms with van der Waals surface area (Å²) < 4.78 is 7.16. The highest BCUT2D eigenvalue weighted by molar-refractivity contribution is 6.02. The molecule has 2 fully saturated rings. The number of hydrogen-bond acceptors (Lipinski definition) is 4. The molecule has 0 atom stereocenters. The van der Waals surface area contributed by atoms with Crippen molar-refractivity contribution in [3.05, 3.63) is 65.9 Å². The molecule has 2 aromatic heterocycles. The molecule has 2 aromatic carbocycles. The summed E-state index contributed by atoms with van der Waals surface area (Å²) in [6.07, 6.45) is 6.55. The zero-order chi connectivity index (χ0) is 27.8. The zero-order valence-corrected chi connectivity index (χ0v) is 23.1. The number of carbonyl (C=O) groups is 2. The lowest BCUT2D eigenvalue weighted by molar-refractivity contribution is -0.124. The number of nitrogens with one attached hydrogen (secondary N) is 1. The summed E-state index contributed by atoms with van der Waals surface area (Å²) in [5.41, 5.74) is 5.14. The highest BCUT2D eigenvalue weighted by atomic mass is 16.5. The number of carboxylic acid groups (broad SMARTS) is 1. The quantitative estimate of drug-likeness (QED) is 0.296. The maximum absolute atomic E-state index is 14.0. The zero-order valence-electron chi connectivity index (χ0n) is 23.1. The molecule has 0 spiro atoms. The van der Waals surface area contributed by atoms with Gasteiger partial charge in [0, 0.05) is 48.0 Å². The Morgan fingerprint density at radius 3 is 2.38 bits per heavy atom. The largest absolute Gasteiger partial charge is 0.477 e. The fraction of sp³-hybridized carbons (Fsp3) is 0.406. The molecule has 1 aliphatic carbocycles. The van der Waals surface area contributed by atoms with E-state index in [1.165, 1.54) is 17.1 Å². The summed E-state index contributed by atoms with van der Waals surface area (Å²) in [6.45, 7) is 5.43. The molecule has 4 aromatic rings. The van der Waals surface area contributed by atoms with Gasteiger partial charge in [0.05, 0.1) is 5.69 Å². The second-order valence-electron chi connectivity index (χ2n) is 11.3. The summed E-state index contributed by atoms with van der Waals surface area (Å²) in [7, 11) is 0. The van der Waals surface area contributed by atoms with Crippen molar-refractivity contribution in [2.75, 3.05) is 18.1 Å². The van der Waals surface area contributed by atoms with Gasteiger partial charge >= 0.3 is 5.97 Å². The van der Waals surface area contributed by atoms with Gasteiger partial charge in [-0.3, -0.25) is 9.69 Å². The number of aromatic amines is 1. The monoisotopic (exact) mass is 540 g/mol. The topological polar surface area (TPSA) is 100 Å². The lowest BCUT2D eigenvalue weighted by Crippen LogP contribution is -2.47. The molecule has 1 amide bonds. The number of hydrogen-bond donors (Lipinski definition) is 2. The van der Waals surface area contributed by atoms with Crippen LogP contribution < -0.4 is 4.90 Å². The average Bonchev–Trinajstić information content (AvgIpc) is 3.56. The summed E-state index contributed by atoms with van der Waals surface area (Å²) in [6, 6.07) is 16.0. The predicted molar refractivity (Wildman–Crippen MR) is 155 cm³/mol. The fourth-order valence-corrected chi connectivity index (χ4v) is 6.28. The number of nitrogens with zero attached hydrogens (tertiary/aromatic N) is 3. The molecule has 8 nitrogen and oxygen atoms in total. The maximum Gasteiger partial charge on any atom is 0.341 e. The van der Waals surface area contributed by atoms with Crippen molar-refractivity contribution in [3.8, 4) is 16.9 Å². The molecule has 2 aliphatic rings. The lowest BCUT2D eigenvalue weighted by atomic mass is 9.82. The van der Waals surface area contributed by atoms with Gasteiger partial charge in [-0.15, -0.1) is 5.10 Å². The summed E-state index contributed by atoms with van der Waals surface area (Å²) in [5.74, 6) is -0.349. The molecule has 6 rings (SSSR count). The van der Waals surface area contributed by atoms with Crippen LogP contribution in [0.5, 0.6) is 0 Å². The first-order valence-corrected chi connectivity index (χ1v) is 14.3. The number of para-hydroxylation sites is 1. The van der Waals surface area contributed by atoms with Crippen molar-refractivity contribution in [1.29, 1.82) is 0 Å². The van der Waals surface area contributed by atoms with Crippen LogP contribution in [0, 0.1) is 18.8 Å². The third kappa shape index (κ3) is 4.92. The Kier molecular flexibility index (Phi) is 7.19. The minimum absolute atomic E-state index is 0.00353. The Morgan fingerprint density at radius 2 is 1.70 bits per heavy atom. The number of aromatic nitrogens is 3. The Morgan fingerprint density at radius 1 is 1.00 bits per heavy atom. The summed E-state index contributed by atoms with van der Waals surface area (Å²) in [4.78, 5) is 31.6. The molecule has 0 bridgehead atoms. The van der Waals surface area contributed by atoms with Crippen molar-refractivity contribution >= 4 is 28.6 Å². The number of amides is 1. The van der Waals surface area contributed by atoms with E-state index >= 15 is 0 Å². The van der Waals surface area contributed by atoms with E-state index in [4.69, 9.17) is 9.84 Å². The minimum Gasteiger partial charge on any atom is -0.477 e. The van der Waals surface area contributed by atoms with Crippen LogP contribution in [0.15, 0.2) is 54.7 Å². The highest BCUT2D eigenvalue weighted by Gasteiger charge is 2.37. The van der Waals surface area contributed by atoms with Gasteiger partial charge in [0.2, 0.25) is 5.91 Å². The van der Waals surface area contributed by atoms with Gasteiger partial charge in [-0.2, -0.15) is 0 Å². The Balaban J connectivity index is 1.35. The SMILES string of the molecule is Cc1c(-c2ccc(-n3cc(C(=O)O)c(N(C(=O)C4CCC(C)CC4)C4CCOCC4)n3)cc2)[nH]c2ccccc12. The fourth-order valence-electron chi connectivity index (χ4n) is 6.28. The Hall–Kier alpha value is -3.91. The van der Waals surface area contributed by atoms with Crippen LogP contribution in [-0.2, 0) is 9.53 Å². The van der Waals surface area contributed by atoms with E-state index in [1.807, 2.05) is 36.4 Å². The molecule has 3 heterocycles. The van der Waals surface area contributed by atoms with Gasteiger partial charge in [-0.05, 0) is 80.7 Å². The van der Waals surface area contributed by atoms with E-state index in [1.54, 1.807) is 9.58 Å². The summed E-state index contributed by atoms with van der Waals surface area (Å²) in [5, 5.41) is 16.1. The van der Waals surface area contributed by atoms with Crippen molar-refractivity contribution < 1.29 is 19.4 Å². The minimum atomic E-state index is -1.09. The second-order valence-corrected chi connectivity index (χ2v) is 11.3. The number of fused-ring (bicyclic) bond motifs is 1. The van der Waals surface area contributed by atoms with Crippen LogP contribution in [0.1, 0.15) is 61.4 Å². The number of H-pyrrole nitrogens is 1. The molecule has 0 unspecified atom stereocenters. The molecule has 1 aliphatic heterocycles. The molecule has 1 saturated heterocycles. The number of aromatic carboxylic acids is 1. The normalized spacial score (nSPS) is 20.1. The Bertz CT molecular complexity index is 1520. The molecule has 8 heteroatoms. The number of carbonyl (C=O) groups excluding carboxylic acids is 1. The van der Waals surface area contributed by atoms with E-state index < -0.39 is 5.97 Å². The van der Waals surface area contributed by atoms with Crippen LogP contribution in [0.4, 0.5) is 5.82 Å². The van der Waals surface area contributed by atoms with Crippen LogP contribution in [-0.4, -0.2) is 51.0 Å². The van der Waals surface area contributed by atoms with Crippen molar-refractivity contribution in [2.45, 2.75) is 58.4 Å². The van der Waals surface area contributed by atoms with Crippen LogP contribution in [0.25, 0.3) is 27.8 Å². The summed E-state index contributed by atoms with van der Waals surface area (Å²) >= 11 is 0. The second kappa shape index (κ2) is 10.9. The van der Waals surface area contributed by atoms with Gasteiger partial charge in [-0.25, -0.2) is 9.48 Å². The standard InChI is InChI=1S/C32H36N4O4/c1-20-7-9-23(10-8-20)31(37)36(25-15-17-40-18-16-25)30-27(32(38)39)19-35(34-30)24-13-11-22(12-14-24)29-21(2)26-5-3-4-6-28(26)33-29/h3-6,11-14,19-20,23,25,33H,7-10,15-18H2,1-2H3,(H,38,39). The highest BCUT2D eigenvalue weighted by Crippen LogP contribution is 2.35. The van der Waals surface area contributed by atoms with E-state index in [-0.39, 0.29) is 29.2 Å². The van der Waals surface area contributed by atoms with Gasteiger partial charge in [0.25, 0.3) is 0 Å². The number of carboxylic acids is 1. The third-order valence-electron chi connectivity index (χ3n) is 8.70. The van der Waals surface area contributed by atoms with Gasteiger partial charge < -0.3 is 14.8 Å². The third-order valence-corrected chi connectivity index (χ3v) is 8.70. The van der Waals surface area contributed by atoms with E-state index in [0.29, 0.717) is 32.0 Å². The molecular formula is C32H36N4O4. The molecule has 208 valence electrons. The Labute approximate surface area is 233 Å². The molecule has 2 N–H and O–H groups in total. The first-order valence-electron chi connectivity index (χ1n) is 14.3. The van der Waals surface area contributed by atoms with Crippen molar-refractivity contribution in [3.63, 3.8) is 0 Å². The lowest BCUT2D eigenvalue weighted by Gasteiger charge is -2.37. The number of ether oxygens (including phenoxy) is 1. The number of aryl methyl sites for hydroxylation is 1. The van der Waals surface area contributed by atoms with Crippen LogP contribution in [0.3, 0.4) is 0 Å². The number of anilines is 1. The first-order chi connectivity index (χ1) is 19.4. The molecule has 40 heavy (non-hydrogen) atoms. The molecule has 0 radical (unpaired) electrons. The van der Waals surface area contributed by atoms with Crippen LogP contribution >= 0.6 is 0 Å². The van der Waals surface area contributed by atoms with Crippen molar-refractivity contribution in [2.24, 2.45) is 11.8 Å². The van der Waals surface area contributed by atoms with Gasteiger partial charge in [0.15, 0.2) is 5.82 Å². The molecule has 1 saturated carbocycles. The first kappa shape index (κ1) is 26.3. The smallest absolute Gasteiger partial charge is 0.341 e.